The molecule has 0 saturated heterocycles. The van der Waals surface area contributed by atoms with E-state index in [-0.39, 0.29) is 0 Å². The molecule has 3 rings (SSSR count). The highest BCUT2D eigenvalue weighted by Gasteiger charge is 2.25. The van der Waals surface area contributed by atoms with Crippen LogP contribution in [0.15, 0.2) is 12.1 Å². The predicted molar refractivity (Wildman–Crippen MR) is 86.6 cm³/mol. The van der Waals surface area contributed by atoms with Crippen molar-refractivity contribution in [1.82, 2.24) is 14.5 Å². The Morgan fingerprint density at radius 2 is 2.00 bits per heavy atom. The average Bonchev–Trinajstić information content (AvgIpc) is 2.85. The van der Waals surface area contributed by atoms with Crippen molar-refractivity contribution >= 4 is 34.5 Å². The number of aryl methyl sites for hydroxylation is 1. The van der Waals surface area contributed by atoms with Crippen molar-refractivity contribution in [3.05, 3.63) is 23.7 Å². The molecule has 1 fully saturated rings. The minimum absolute atomic E-state index is 0.456. The third kappa shape index (κ3) is 2.56. The van der Waals surface area contributed by atoms with Crippen molar-refractivity contribution in [3.63, 3.8) is 0 Å². The molecule has 2 heterocycles. The molecule has 0 atom stereocenters. The summed E-state index contributed by atoms with van der Waals surface area (Å²) in [6.07, 6.45) is 7.18. The number of hydrogen-bond donors (Lipinski definition) is 0. The quantitative estimate of drug-likeness (QED) is 0.791. The maximum atomic E-state index is 6.10. The van der Waals surface area contributed by atoms with Gasteiger partial charge in [0.15, 0.2) is 5.65 Å². The van der Waals surface area contributed by atoms with Crippen LogP contribution >= 0.6 is 23.4 Å². The van der Waals surface area contributed by atoms with Gasteiger partial charge in [-0.25, -0.2) is 9.97 Å². The largest absolute Gasteiger partial charge is 0.309 e. The Morgan fingerprint density at radius 3 is 2.65 bits per heavy atom. The molecule has 5 heteroatoms. The number of imidazole rings is 1. The number of aromatic nitrogens is 3. The second-order valence-corrected chi connectivity index (χ2v) is 6.90. The predicted octanol–water partition coefficient (Wildman–Crippen LogP) is 4.33. The number of fused-ring (bicyclic) bond motifs is 1. The maximum absolute atomic E-state index is 6.10. The van der Waals surface area contributed by atoms with Crippen LogP contribution in [0.5, 0.6) is 0 Å². The SMILES string of the molecule is CSC1CCC(n2c(CCl)nc3ccc(C)nc32)CC1. The molecule has 0 aromatic carbocycles. The minimum Gasteiger partial charge on any atom is -0.309 e. The van der Waals surface area contributed by atoms with Gasteiger partial charge in [0, 0.05) is 17.0 Å². The molecule has 3 nitrogen and oxygen atoms in total. The molecule has 0 aliphatic heterocycles. The zero-order valence-corrected chi connectivity index (χ0v) is 13.5. The molecule has 0 N–H and O–H groups in total. The molecule has 0 amide bonds. The molecule has 1 aliphatic carbocycles. The Morgan fingerprint density at radius 1 is 1.25 bits per heavy atom. The summed E-state index contributed by atoms with van der Waals surface area (Å²) in [5.74, 6) is 1.42. The Labute approximate surface area is 129 Å². The number of thioether (sulfide) groups is 1. The standard InChI is InChI=1S/C15H20ClN3S/c1-10-3-8-13-15(17-10)19(14(9-16)18-13)11-4-6-12(20-2)7-5-11/h3,8,11-12H,4-7,9H2,1-2H3. The lowest BCUT2D eigenvalue weighted by atomic mass is 9.94. The van der Waals surface area contributed by atoms with Gasteiger partial charge in [-0.3, -0.25) is 0 Å². The topological polar surface area (TPSA) is 30.7 Å². The molecule has 2 aromatic rings. The minimum atomic E-state index is 0.456. The number of hydrogen-bond acceptors (Lipinski definition) is 3. The van der Waals surface area contributed by atoms with E-state index in [0.717, 1.165) is 27.9 Å². The summed E-state index contributed by atoms with van der Waals surface area (Å²) in [7, 11) is 0. The van der Waals surface area contributed by atoms with Gasteiger partial charge in [-0.1, -0.05) is 0 Å². The zero-order valence-electron chi connectivity index (χ0n) is 12.0. The summed E-state index contributed by atoms with van der Waals surface area (Å²) in [4.78, 5) is 9.35. The van der Waals surface area contributed by atoms with Crippen molar-refractivity contribution in [2.24, 2.45) is 0 Å². The lowest BCUT2D eigenvalue weighted by molar-refractivity contribution is 0.359. The number of alkyl halides is 1. The van der Waals surface area contributed by atoms with Crippen molar-refractivity contribution in [3.8, 4) is 0 Å². The van der Waals surface area contributed by atoms with Gasteiger partial charge >= 0.3 is 0 Å². The van der Waals surface area contributed by atoms with Gasteiger partial charge in [0.1, 0.15) is 11.3 Å². The van der Waals surface area contributed by atoms with Crippen LogP contribution in [0, 0.1) is 6.92 Å². The van der Waals surface area contributed by atoms with Crippen LogP contribution in [0.4, 0.5) is 0 Å². The van der Waals surface area contributed by atoms with Gasteiger partial charge < -0.3 is 4.57 Å². The molecular formula is C15H20ClN3S. The van der Waals surface area contributed by atoms with E-state index in [1.54, 1.807) is 0 Å². The van der Waals surface area contributed by atoms with Crippen LogP contribution in [0.25, 0.3) is 11.2 Å². The summed E-state index contributed by atoms with van der Waals surface area (Å²) in [5.41, 5.74) is 3.02. The van der Waals surface area contributed by atoms with Gasteiger partial charge in [0.2, 0.25) is 0 Å². The normalized spacial score (nSPS) is 23.4. The van der Waals surface area contributed by atoms with Gasteiger partial charge in [-0.05, 0) is 51.0 Å². The Hall–Kier alpha value is -0.740. The van der Waals surface area contributed by atoms with Crippen LogP contribution in [-0.4, -0.2) is 26.0 Å². The van der Waals surface area contributed by atoms with Crippen molar-refractivity contribution in [2.45, 2.75) is 49.8 Å². The third-order valence-electron chi connectivity index (χ3n) is 4.21. The highest BCUT2D eigenvalue weighted by molar-refractivity contribution is 7.99. The summed E-state index contributed by atoms with van der Waals surface area (Å²) in [6.45, 7) is 2.03. The maximum Gasteiger partial charge on any atom is 0.160 e. The molecule has 0 unspecified atom stereocenters. The van der Waals surface area contributed by atoms with E-state index in [4.69, 9.17) is 16.6 Å². The average molecular weight is 310 g/mol. The van der Waals surface area contributed by atoms with Gasteiger partial charge in [-0.2, -0.15) is 11.8 Å². The first-order chi connectivity index (χ1) is 9.72. The zero-order chi connectivity index (χ0) is 14.1. The fourth-order valence-corrected chi connectivity index (χ4v) is 4.06. The third-order valence-corrected chi connectivity index (χ3v) is 5.59. The number of halogens is 1. The molecule has 0 bridgehead atoms. The van der Waals surface area contributed by atoms with Crippen LogP contribution in [0.1, 0.15) is 43.2 Å². The van der Waals surface area contributed by atoms with Gasteiger partial charge in [0.25, 0.3) is 0 Å². The smallest absolute Gasteiger partial charge is 0.160 e. The Balaban J connectivity index is 1.99. The molecular weight excluding hydrogens is 290 g/mol. The fraction of sp³-hybridized carbons (Fsp3) is 0.600. The van der Waals surface area contributed by atoms with Gasteiger partial charge in [0.05, 0.1) is 5.88 Å². The van der Waals surface area contributed by atoms with Crippen molar-refractivity contribution < 1.29 is 0 Å². The van der Waals surface area contributed by atoms with Crippen molar-refractivity contribution in [1.29, 1.82) is 0 Å². The first-order valence-electron chi connectivity index (χ1n) is 7.16. The molecule has 0 radical (unpaired) electrons. The van der Waals surface area contributed by atoms with Crippen LogP contribution in [0.2, 0.25) is 0 Å². The molecule has 20 heavy (non-hydrogen) atoms. The summed E-state index contributed by atoms with van der Waals surface area (Å²) in [6, 6.07) is 4.58. The van der Waals surface area contributed by atoms with E-state index in [0.29, 0.717) is 11.9 Å². The van der Waals surface area contributed by atoms with Crippen LogP contribution in [0.3, 0.4) is 0 Å². The first-order valence-corrected chi connectivity index (χ1v) is 8.98. The lowest BCUT2D eigenvalue weighted by Gasteiger charge is -2.29. The van der Waals surface area contributed by atoms with E-state index in [1.807, 2.05) is 24.8 Å². The fourth-order valence-electron chi connectivity index (χ4n) is 3.13. The summed E-state index contributed by atoms with van der Waals surface area (Å²) < 4.78 is 2.30. The molecule has 0 spiro atoms. The number of nitrogens with zero attached hydrogens (tertiary/aromatic N) is 3. The number of rotatable bonds is 3. The van der Waals surface area contributed by atoms with E-state index in [2.05, 4.69) is 21.9 Å². The second-order valence-electron chi connectivity index (χ2n) is 5.49. The highest BCUT2D eigenvalue weighted by Crippen LogP contribution is 2.36. The van der Waals surface area contributed by atoms with Crippen LogP contribution in [-0.2, 0) is 5.88 Å². The summed E-state index contributed by atoms with van der Waals surface area (Å²) >= 11 is 8.10. The van der Waals surface area contributed by atoms with Crippen molar-refractivity contribution in [2.75, 3.05) is 6.26 Å². The molecule has 2 aromatic heterocycles. The Bertz CT molecular complexity index is 602. The first kappa shape index (κ1) is 14.2. The van der Waals surface area contributed by atoms with Gasteiger partial charge in [-0.15, -0.1) is 11.6 Å². The Kier molecular flexibility index (Phi) is 4.22. The van der Waals surface area contributed by atoms with E-state index >= 15 is 0 Å². The highest BCUT2D eigenvalue weighted by atomic mass is 35.5. The van der Waals surface area contributed by atoms with E-state index < -0.39 is 0 Å². The van der Waals surface area contributed by atoms with Crippen LogP contribution < -0.4 is 0 Å². The second kappa shape index (κ2) is 5.94. The monoisotopic (exact) mass is 309 g/mol. The molecule has 1 aliphatic rings. The number of pyridine rings is 1. The lowest BCUT2D eigenvalue weighted by Crippen LogP contribution is -2.21. The van der Waals surface area contributed by atoms with E-state index in [9.17, 15) is 0 Å². The molecule has 108 valence electrons. The molecule has 1 saturated carbocycles. The summed E-state index contributed by atoms with van der Waals surface area (Å²) in [5, 5.41) is 0.815. The van der Waals surface area contributed by atoms with E-state index in [1.165, 1.54) is 25.7 Å².